The molecule has 4 nitrogen and oxygen atoms in total. The Kier molecular flexibility index (Phi) is 6.08. The Hall–Kier alpha value is -1.30. The van der Waals surface area contributed by atoms with Gasteiger partial charge < -0.3 is 9.84 Å². The van der Waals surface area contributed by atoms with E-state index in [1.807, 2.05) is 0 Å². The van der Waals surface area contributed by atoms with Gasteiger partial charge in [0.25, 0.3) is 0 Å². The van der Waals surface area contributed by atoms with Gasteiger partial charge in [-0.2, -0.15) is 0 Å². The molecular weight excluding hydrogens is 249 g/mol. The Balaban J connectivity index is 2.63. The molecule has 19 heavy (non-hydrogen) atoms. The monoisotopic (exact) mass is 269 g/mol. The fraction of sp³-hybridized carbons (Fsp3) is 0.500. The summed E-state index contributed by atoms with van der Waals surface area (Å²) in [6, 6.07) is 5.07. The van der Waals surface area contributed by atoms with Crippen LogP contribution in [0.4, 0.5) is 4.39 Å². The van der Waals surface area contributed by atoms with Crippen LogP contribution in [-0.2, 0) is 4.74 Å². The normalized spacial score (nSPS) is 14.4. The molecule has 2 unspecified atom stereocenters. The highest BCUT2D eigenvalue weighted by Crippen LogP contribution is 2.09. The molecule has 1 aromatic carbocycles. The van der Waals surface area contributed by atoms with Crippen molar-refractivity contribution in [3.05, 3.63) is 35.6 Å². The zero-order valence-electron chi connectivity index (χ0n) is 11.5. The fourth-order valence-corrected chi connectivity index (χ4v) is 1.79. The third kappa shape index (κ3) is 4.70. The highest BCUT2D eigenvalue weighted by molar-refractivity contribution is 5.99. The van der Waals surface area contributed by atoms with Gasteiger partial charge in [-0.3, -0.25) is 9.69 Å². The predicted octanol–water partition coefficient (Wildman–Crippen LogP) is 1.34. The van der Waals surface area contributed by atoms with Gasteiger partial charge in [0.1, 0.15) is 5.82 Å². The number of ketones is 1. The number of methoxy groups -OCH3 is 1. The summed E-state index contributed by atoms with van der Waals surface area (Å²) in [5.74, 6) is -0.472. The van der Waals surface area contributed by atoms with E-state index < -0.39 is 12.1 Å². The zero-order chi connectivity index (χ0) is 14.4. The minimum absolute atomic E-state index is 0.105. The predicted molar refractivity (Wildman–Crippen MR) is 70.7 cm³/mol. The second kappa shape index (κ2) is 7.33. The number of aliphatic hydroxyl groups excluding tert-OH is 1. The van der Waals surface area contributed by atoms with Gasteiger partial charge >= 0.3 is 0 Å². The van der Waals surface area contributed by atoms with Crippen LogP contribution in [0, 0.1) is 5.82 Å². The SMILES string of the molecule is COCC(O)CN(C)C(C)C(=O)c1ccc(F)cc1. The van der Waals surface area contributed by atoms with Gasteiger partial charge in [0, 0.05) is 19.2 Å². The maximum atomic E-state index is 12.8. The smallest absolute Gasteiger partial charge is 0.179 e. The average Bonchev–Trinajstić information content (AvgIpc) is 2.38. The lowest BCUT2D eigenvalue weighted by Crippen LogP contribution is -2.41. The third-order valence-corrected chi connectivity index (χ3v) is 3.03. The molecular formula is C14H20FNO3. The molecule has 0 radical (unpaired) electrons. The van der Waals surface area contributed by atoms with Gasteiger partial charge in [0.05, 0.1) is 18.8 Å². The number of carbonyl (C=O) groups excluding carboxylic acids is 1. The van der Waals surface area contributed by atoms with Crippen LogP contribution in [-0.4, -0.2) is 55.2 Å². The molecule has 0 aliphatic heterocycles. The van der Waals surface area contributed by atoms with Crippen LogP contribution in [0.3, 0.4) is 0 Å². The van der Waals surface area contributed by atoms with Crippen LogP contribution < -0.4 is 0 Å². The first-order valence-corrected chi connectivity index (χ1v) is 6.12. The number of aliphatic hydroxyl groups is 1. The molecule has 2 atom stereocenters. The first-order chi connectivity index (χ1) is 8.95. The Labute approximate surface area is 112 Å². The average molecular weight is 269 g/mol. The van der Waals surface area contributed by atoms with Crippen molar-refractivity contribution in [3.8, 4) is 0 Å². The van der Waals surface area contributed by atoms with E-state index in [1.54, 1.807) is 18.9 Å². The van der Waals surface area contributed by atoms with Crippen LogP contribution >= 0.6 is 0 Å². The van der Waals surface area contributed by atoms with Crippen LogP contribution in [0.2, 0.25) is 0 Å². The lowest BCUT2D eigenvalue weighted by Gasteiger charge is -2.25. The molecule has 0 heterocycles. The number of hydrogen-bond donors (Lipinski definition) is 1. The van der Waals surface area contributed by atoms with Crippen molar-refractivity contribution in [1.29, 1.82) is 0 Å². The van der Waals surface area contributed by atoms with E-state index in [-0.39, 0.29) is 18.2 Å². The first-order valence-electron chi connectivity index (χ1n) is 6.12. The number of benzene rings is 1. The highest BCUT2D eigenvalue weighted by Gasteiger charge is 2.21. The van der Waals surface area contributed by atoms with Crippen molar-refractivity contribution in [2.45, 2.75) is 19.1 Å². The first kappa shape index (κ1) is 15.8. The number of nitrogens with zero attached hydrogens (tertiary/aromatic N) is 1. The molecule has 1 N–H and O–H groups in total. The minimum atomic E-state index is -0.640. The van der Waals surface area contributed by atoms with Crippen molar-refractivity contribution in [3.63, 3.8) is 0 Å². The lowest BCUT2D eigenvalue weighted by atomic mass is 10.0. The number of likely N-dealkylation sites (N-methyl/N-ethyl adjacent to an activating group) is 1. The van der Waals surface area contributed by atoms with Crippen LogP contribution in [0.15, 0.2) is 24.3 Å². The summed E-state index contributed by atoms with van der Waals surface area (Å²) in [6.07, 6.45) is -0.640. The summed E-state index contributed by atoms with van der Waals surface area (Å²) < 4.78 is 17.6. The van der Waals surface area contributed by atoms with Gasteiger partial charge in [-0.15, -0.1) is 0 Å². The van der Waals surface area contributed by atoms with Gasteiger partial charge in [0.2, 0.25) is 0 Å². The molecule has 0 amide bonds. The molecule has 106 valence electrons. The van der Waals surface area contributed by atoms with Crippen LogP contribution in [0.1, 0.15) is 17.3 Å². The molecule has 0 aliphatic rings. The number of ether oxygens (including phenoxy) is 1. The van der Waals surface area contributed by atoms with Gasteiger partial charge in [-0.05, 0) is 38.2 Å². The summed E-state index contributed by atoms with van der Waals surface area (Å²) in [5, 5.41) is 9.63. The van der Waals surface area contributed by atoms with Crippen molar-refractivity contribution in [2.75, 3.05) is 27.3 Å². The van der Waals surface area contributed by atoms with E-state index in [1.165, 1.54) is 31.4 Å². The number of Topliss-reactive ketones (excluding diaryl/α,β-unsaturated/α-hetero) is 1. The van der Waals surface area contributed by atoms with Crippen molar-refractivity contribution in [1.82, 2.24) is 4.90 Å². The molecule has 0 saturated heterocycles. The quantitative estimate of drug-likeness (QED) is 0.759. The summed E-state index contributed by atoms with van der Waals surface area (Å²) >= 11 is 0. The summed E-state index contributed by atoms with van der Waals surface area (Å²) in [6.45, 7) is 2.31. The second-order valence-electron chi connectivity index (χ2n) is 4.60. The van der Waals surface area contributed by atoms with Crippen molar-refractivity contribution < 1.29 is 19.0 Å². The Bertz CT molecular complexity index is 408. The van der Waals surface area contributed by atoms with Crippen molar-refractivity contribution >= 4 is 5.78 Å². The highest BCUT2D eigenvalue weighted by atomic mass is 19.1. The van der Waals surface area contributed by atoms with E-state index in [0.29, 0.717) is 12.1 Å². The molecule has 0 bridgehead atoms. The Morgan fingerprint density at radius 2 is 2.00 bits per heavy atom. The lowest BCUT2D eigenvalue weighted by molar-refractivity contribution is 0.0351. The molecule has 0 spiro atoms. The van der Waals surface area contributed by atoms with Crippen LogP contribution in [0.5, 0.6) is 0 Å². The molecule has 5 heteroatoms. The topological polar surface area (TPSA) is 49.8 Å². The molecule has 0 aromatic heterocycles. The number of rotatable bonds is 7. The van der Waals surface area contributed by atoms with E-state index >= 15 is 0 Å². The maximum Gasteiger partial charge on any atom is 0.179 e. The summed E-state index contributed by atoms with van der Waals surface area (Å²) in [5.41, 5.74) is 0.460. The van der Waals surface area contributed by atoms with Crippen molar-refractivity contribution in [2.24, 2.45) is 0 Å². The molecule has 0 fully saturated rings. The van der Waals surface area contributed by atoms with Gasteiger partial charge in [-0.1, -0.05) is 0 Å². The number of hydrogen-bond acceptors (Lipinski definition) is 4. The summed E-state index contributed by atoms with van der Waals surface area (Å²) in [7, 11) is 3.27. The minimum Gasteiger partial charge on any atom is -0.389 e. The Morgan fingerprint density at radius 3 is 2.53 bits per heavy atom. The van der Waals surface area contributed by atoms with Crippen LogP contribution in [0.25, 0.3) is 0 Å². The van der Waals surface area contributed by atoms with E-state index in [4.69, 9.17) is 4.74 Å². The molecule has 0 saturated carbocycles. The largest absolute Gasteiger partial charge is 0.389 e. The van der Waals surface area contributed by atoms with E-state index in [2.05, 4.69) is 0 Å². The van der Waals surface area contributed by atoms with Gasteiger partial charge in [0.15, 0.2) is 5.78 Å². The van der Waals surface area contributed by atoms with E-state index in [0.717, 1.165) is 0 Å². The number of halogens is 1. The molecule has 0 aliphatic carbocycles. The fourth-order valence-electron chi connectivity index (χ4n) is 1.79. The molecule has 1 aromatic rings. The second-order valence-corrected chi connectivity index (χ2v) is 4.60. The molecule has 1 rings (SSSR count). The third-order valence-electron chi connectivity index (χ3n) is 3.03. The van der Waals surface area contributed by atoms with E-state index in [9.17, 15) is 14.3 Å². The Morgan fingerprint density at radius 1 is 1.42 bits per heavy atom. The summed E-state index contributed by atoms with van der Waals surface area (Å²) in [4.78, 5) is 13.9. The maximum absolute atomic E-state index is 12.8. The zero-order valence-corrected chi connectivity index (χ0v) is 11.5. The van der Waals surface area contributed by atoms with Gasteiger partial charge in [-0.25, -0.2) is 4.39 Å². The number of carbonyl (C=O) groups is 1. The standard InChI is InChI=1S/C14H20FNO3/c1-10(16(2)8-13(17)9-19-3)14(18)11-4-6-12(15)7-5-11/h4-7,10,13,17H,8-9H2,1-3H3.